The predicted molar refractivity (Wildman–Crippen MR) is 120 cm³/mol. The molecule has 2 aromatic carbocycles. The molecule has 4 aromatic rings. The zero-order valence-electron chi connectivity index (χ0n) is 16.5. The molecule has 0 saturated carbocycles. The van der Waals surface area contributed by atoms with Crippen LogP contribution in [0.1, 0.15) is 17.4 Å². The van der Waals surface area contributed by atoms with E-state index in [1.807, 2.05) is 24.3 Å². The van der Waals surface area contributed by atoms with Gasteiger partial charge in [-0.2, -0.15) is 0 Å². The number of fused-ring (bicyclic) bond motifs is 1. The lowest BCUT2D eigenvalue weighted by Crippen LogP contribution is -2.19. The molecule has 4 rings (SSSR count). The summed E-state index contributed by atoms with van der Waals surface area (Å²) in [5.41, 5.74) is 9.77. The Morgan fingerprint density at radius 1 is 1.10 bits per heavy atom. The fourth-order valence-electron chi connectivity index (χ4n) is 3.29. The SMILES string of the molecule is CCc1sc2ncnc(N)c2c1-c1ccc(NC(=O)Nc2ccc(F)c(C)c2)cc1. The summed E-state index contributed by atoms with van der Waals surface area (Å²) in [5, 5.41) is 6.35. The molecule has 0 aliphatic rings. The first-order valence-electron chi connectivity index (χ1n) is 9.42. The molecule has 0 aliphatic heterocycles. The first-order chi connectivity index (χ1) is 14.5. The lowest BCUT2D eigenvalue weighted by atomic mass is 10.0. The molecule has 0 radical (unpaired) electrons. The number of carbonyl (C=O) groups is 1. The van der Waals surface area contributed by atoms with E-state index in [1.165, 1.54) is 23.3 Å². The second kappa shape index (κ2) is 8.08. The highest BCUT2D eigenvalue weighted by atomic mass is 32.1. The van der Waals surface area contributed by atoms with Crippen LogP contribution >= 0.6 is 11.3 Å². The highest BCUT2D eigenvalue weighted by molar-refractivity contribution is 7.19. The Bertz CT molecular complexity index is 1240. The number of thiophene rings is 1. The number of anilines is 3. The Labute approximate surface area is 177 Å². The van der Waals surface area contributed by atoms with Crippen molar-refractivity contribution in [1.29, 1.82) is 0 Å². The number of nitrogens with one attached hydrogen (secondary N) is 2. The lowest BCUT2D eigenvalue weighted by molar-refractivity contribution is 0.262. The summed E-state index contributed by atoms with van der Waals surface area (Å²) in [5.74, 6) is 0.150. The number of nitrogen functional groups attached to an aromatic ring is 1. The molecular weight excluding hydrogens is 401 g/mol. The van der Waals surface area contributed by atoms with Crippen molar-refractivity contribution in [1.82, 2.24) is 9.97 Å². The number of benzene rings is 2. The van der Waals surface area contributed by atoms with E-state index < -0.39 is 6.03 Å². The van der Waals surface area contributed by atoms with Crippen molar-refractivity contribution in [2.75, 3.05) is 16.4 Å². The smallest absolute Gasteiger partial charge is 0.323 e. The molecule has 2 aromatic heterocycles. The van der Waals surface area contributed by atoms with E-state index in [2.05, 4.69) is 27.5 Å². The topological polar surface area (TPSA) is 92.9 Å². The normalized spacial score (nSPS) is 10.9. The van der Waals surface area contributed by atoms with Crippen LogP contribution in [0.25, 0.3) is 21.3 Å². The number of hydrogen-bond acceptors (Lipinski definition) is 5. The quantitative estimate of drug-likeness (QED) is 0.400. The number of amides is 2. The lowest BCUT2D eigenvalue weighted by Gasteiger charge is -2.10. The van der Waals surface area contributed by atoms with Gasteiger partial charge in [-0.3, -0.25) is 0 Å². The molecule has 0 saturated heterocycles. The molecule has 0 atom stereocenters. The number of hydrogen-bond donors (Lipinski definition) is 3. The Balaban J connectivity index is 1.55. The van der Waals surface area contributed by atoms with E-state index in [1.54, 1.807) is 24.3 Å². The Kier molecular flexibility index (Phi) is 5.33. The summed E-state index contributed by atoms with van der Waals surface area (Å²) in [6.45, 7) is 3.74. The summed E-state index contributed by atoms with van der Waals surface area (Å²) < 4.78 is 13.4. The van der Waals surface area contributed by atoms with Gasteiger partial charge in [0.1, 0.15) is 22.8 Å². The Morgan fingerprint density at radius 2 is 1.80 bits per heavy atom. The van der Waals surface area contributed by atoms with Gasteiger partial charge in [-0.1, -0.05) is 19.1 Å². The van der Waals surface area contributed by atoms with Gasteiger partial charge in [0.15, 0.2) is 0 Å². The zero-order chi connectivity index (χ0) is 21.3. The van der Waals surface area contributed by atoms with Crippen molar-refractivity contribution >= 4 is 44.8 Å². The first kappa shape index (κ1) is 19.8. The van der Waals surface area contributed by atoms with E-state index in [4.69, 9.17) is 5.73 Å². The van der Waals surface area contributed by atoms with E-state index in [0.717, 1.165) is 27.8 Å². The minimum Gasteiger partial charge on any atom is -0.383 e. The molecule has 8 heteroatoms. The van der Waals surface area contributed by atoms with Crippen LogP contribution < -0.4 is 16.4 Å². The van der Waals surface area contributed by atoms with Crippen LogP contribution in [-0.4, -0.2) is 16.0 Å². The van der Waals surface area contributed by atoms with Gasteiger partial charge in [0, 0.05) is 21.8 Å². The van der Waals surface area contributed by atoms with Gasteiger partial charge >= 0.3 is 6.03 Å². The molecular formula is C22H20FN5OS. The fourth-order valence-corrected chi connectivity index (χ4v) is 4.40. The molecule has 4 N–H and O–H groups in total. The third-order valence-corrected chi connectivity index (χ3v) is 6.00. The number of nitrogens with two attached hydrogens (primary N) is 1. The number of nitrogens with zero attached hydrogens (tertiary/aromatic N) is 2. The maximum atomic E-state index is 13.4. The van der Waals surface area contributed by atoms with E-state index >= 15 is 0 Å². The van der Waals surface area contributed by atoms with Crippen molar-refractivity contribution in [3.8, 4) is 11.1 Å². The summed E-state index contributed by atoms with van der Waals surface area (Å²) in [4.78, 5) is 22.8. The number of carbonyl (C=O) groups excluding carboxylic acids is 1. The molecule has 0 bridgehead atoms. The monoisotopic (exact) mass is 421 g/mol. The van der Waals surface area contributed by atoms with Crippen LogP contribution in [0.3, 0.4) is 0 Å². The number of aryl methyl sites for hydroxylation is 2. The van der Waals surface area contributed by atoms with Gasteiger partial charge in [0.25, 0.3) is 0 Å². The van der Waals surface area contributed by atoms with Gasteiger partial charge in [0.05, 0.1) is 5.39 Å². The molecule has 0 aliphatic carbocycles. The van der Waals surface area contributed by atoms with Gasteiger partial charge in [-0.25, -0.2) is 19.2 Å². The van der Waals surface area contributed by atoms with Crippen molar-refractivity contribution in [2.45, 2.75) is 20.3 Å². The van der Waals surface area contributed by atoms with Crippen molar-refractivity contribution in [3.05, 3.63) is 65.0 Å². The van der Waals surface area contributed by atoms with Crippen LogP contribution in [-0.2, 0) is 6.42 Å². The second-order valence-electron chi connectivity index (χ2n) is 6.81. The molecule has 0 spiro atoms. The van der Waals surface area contributed by atoms with Gasteiger partial charge in [-0.05, 0) is 54.8 Å². The van der Waals surface area contributed by atoms with Crippen LogP contribution in [0.4, 0.5) is 26.4 Å². The predicted octanol–water partition coefficient (Wildman–Crippen LogP) is 5.59. The van der Waals surface area contributed by atoms with E-state index in [0.29, 0.717) is 22.8 Å². The Hall–Kier alpha value is -3.52. The molecule has 30 heavy (non-hydrogen) atoms. The Morgan fingerprint density at radius 3 is 2.50 bits per heavy atom. The third-order valence-electron chi connectivity index (χ3n) is 4.76. The standard InChI is InChI=1S/C22H20FN5OS/c1-3-17-18(19-20(24)25-11-26-21(19)30-17)13-4-6-14(7-5-13)27-22(29)28-15-8-9-16(23)12(2)10-15/h4-11H,3H2,1-2H3,(H2,24,25,26)(H2,27,28,29). The summed E-state index contributed by atoms with van der Waals surface area (Å²) in [6.07, 6.45) is 2.33. The summed E-state index contributed by atoms with van der Waals surface area (Å²) >= 11 is 1.61. The zero-order valence-corrected chi connectivity index (χ0v) is 17.3. The van der Waals surface area contributed by atoms with Crippen LogP contribution in [0.15, 0.2) is 48.8 Å². The number of rotatable bonds is 4. The van der Waals surface area contributed by atoms with Crippen molar-refractivity contribution in [3.63, 3.8) is 0 Å². The third kappa shape index (κ3) is 3.81. The minimum absolute atomic E-state index is 0.310. The van der Waals surface area contributed by atoms with E-state index in [9.17, 15) is 9.18 Å². The average Bonchev–Trinajstić information content (AvgIpc) is 3.11. The highest BCUT2D eigenvalue weighted by Gasteiger charge is 2.17. The summed E-state index contributed by atoms with van der Waals surface area (Å²) in [7, 11) is 0. The molecule has 0 fully saturated rings. The van der Waals surface area contributed by atoms with Gasteiger partial charge in [-0.15, -0.1) is 11.3 Å². The van der Waals surface area contributed by atoms with Crippen molar-refractivity contribution in [2.24, 2.45) is 0 Å². The maximum absolute atomic E-state index is 13.4. The highest BCUT2D eigenvalue weighted by Crippen LogP contribution is 2.40. The fraction of sp³-hybridized carbons (Fsp3) is 0.136. The number of halogens is 1. The number of aromatic nitrogens is 2. The number of urea groups is 1. The largest absolute Gasteiger partial charge is 0.383 e. The molecule has 152 valence electrons. The molecule has 6 nitrogen and oxygen atoms in total. The molecule has 2 heterocycles. The molecule has 0 unspecified atom stereocenters. The van der Waals surface area contributed by atoms with Crippen LogP contribution in [0.2, 0.25) is 0 Å². The van der Waals surface area contributed by atoms with Crippen LogP contribution in [0, 0.1) is 12.7 Å². The van der Waals surface area contributed by atoms with E-state index in [-0.39, 0.29) is 5.82 Å². The van der Waals surface area contributed by atoms with Gasteiger partial charge < -0.3 is 16.4 Å². The maximum Gasteiger partial charge on any atom is 0.323 e. The van der Waals surface area contributed by atoms with Crippen LogP contribution in [0.5, 0.6) is 0 Å². The second-order valence-corrected chi connectivity index (χ2v) is 7.90. The molecule has 2 amide bonds. The average molecular weight is 422 g/mol. The van der Waals surface area contributed by atoms with Crippen molar-refractivity contribution < 1.29 is 9.18 Å². The summed E-state index contributed by atoms with van der Waals surface area (Å²) in [6, 6.07) is 11.5. The minimum atomic E-state index is -0.401. The van der Waals surface area contributed by atoms with Gasteiger partial charge in [0.2, 0.25) is 0 Å². The first-order valence-corrected chi connectivity index (χ1v) is 10.2.